The van der Waals surface area contributed by atoms with E-state index < -0.39 is 0 Å². The number of hydrogen-bond acceptors (Lipinski definition) is 2. The number of aryl methyl sites for hydroxylation is 1. The van der Waals surface area contributed by atoms with Crippen molar-refractivity contribution >= 4 is 0 Å². The van der Waals surface area contributed by atoms with Crippen LogP contribution in [0.3, 0.4) is 0 Å². The van der Waals surface area contributed by atoms with Crippen LogP contribution in [0.1, 0.15) is 25.3 Å². The van der Waals surface area contributed by atoms with E-state index in [2.05, 4.69) is 31.2 Å². The molecule has 0 heterocycles. The van der Waals surface area contributed by atoms with Crippen LogP contribution < -0.4 is 5.73 Å². The molecule has 0 aliphatic rings. The van der Waals surface area contributed by atoms with Gasteiger partial charge < -0.3 is 10.5 Å². The monoisotopic (exact) mass is 207 g/mol. The number of ether oxygens (including phenoxy) is 1. The van der Waals surface area contributed by atoms with E-state index in [1.54, 1.807) is 0 Å². The Bertz CT molecular complexity index is 248. The normalized spacial score (nSPS) is 12.7. The molecule has 0 saturated carbocycles. The first-order valence-corrected chi connectivity index (χ1v) is 5.70. The summed E-state index contributed by atoms with van der Waals surface area (Å²) in [5.41, 5.74) is 7.29. The Hall–Kier alpha value is -0.860. The molecule has 1 unspecified atom stereocenters. The fourth-order valence-electron chi connectivity index (χ4n) is 1.46. The summed E-state index contributed by atoms with van der Waals surface area (Å²) in [7, 11) is 0. The smallest absolute Gasteiger partial charge is 0.0617 e. The van der Waals surface area contributed by atoms with Crippen molar-refractivity contribution in [1.82, 2.24) is 0 Å². The molecule has 0 amide bonds. The molecule has 1 atom stereocenters. The van der Waals surface area contributed by atoms with Crippen molar-refractivity contribution in [1.29, 1.82) is 0 Å². The molecule has 1 rings (SSSR count). The Morgan fingerprint density at radius 1 is 1.27 bits per heavy atom. The quantitative estimate of drug-likeness (QED) is 0.697. The number of rotatable bonds is 7. The summed E-state index contributed by atoms with van der Waals surface area (Å²) >= 11 is 0. The maximum atomic E-state index is 5.94. The van der Waals surface area contributed by atoms with Crippen LogP contribution in [0, 0.1) is 0 Å². The largest absolute Gasteiger partial charge is 0.380 e. The van der Waals surface area contributed by atoms with Gasteiger partial charge in [0.25, 0.3) is 0 Å². The Balaban J connectivity index is 2.14. The van der Waals surface area contributed by atoms with Crippen LogP contribution in [0.15, 0.2) is 30.3 Å². The Morgan fingerprint density at radius 3 is 2.67 bits per heavy atom. The van der Waals surface area contributed by atoms with E-state index in [9.17, 15) is 0 Å². The third-order valence-electron chi connectivity index (χ3n) is 2.33. The Kier molecular flexibility index (Phi) is 6.05. The molecule has 0 fully saturated rings. The average molecular weight is 207 g/mol. The SMILES string of the molecule is CCCOCC(N)CCc1ccccc1. The number of nitrogens with two attached hydrogens (primary N) is 1. The van der Waals surface area contributed by atoms with Crippen LogP contribution in [0.2, 0.25) is 0 Å². The van der Waals surface area contributed by atoms with Crippen LogP contribution in [0.5, 0.6) is 0 Å². The van der Waals surface area contributed by atoms with Crippen molar-refractivity contribution in [3.05, 3.63) is 35.9 Å². The van der Waals surface area contributed by atoms with Crippen molar-refractivity contribution in [2.75, 3.05) is 13.2 Å². The fraction of sp³-hybridized carbons (Fsp3) is 0.538. The molecule has 1 aromatic rings. The molecular weight excluding hydrogens is 186 g/mol. The zero-order valence-corrected chi connectivity index (χ0v) is 9.49. The van der Waals surface area contributed by atoms with Crippen LogP contribution >= 0.6 is 0 Å². The predicted molar refractivity (Wildman–Crippen MR) is 63.8 cm³/mol. The topological polar surface area (TPSA) is 35.2 Å². The molecule has 2 nitrogen and oxygen atoms in total. The van der Waals surface area contributed by atoms with Gasteiger partial charge in [-0.3, -0.25) is 0 Å². The number of benzene rings is 1. The van der Waals surface area contributed by atoms with Crippen LogP contribution in [-0.2, 0) is 11.2 Å². The fourth-order valence-corrected chi connectivity index (χ4v) is 1.46. The van der Waals surface area contributed by atoms with E-state index in [0.717, 1.165) is 25.9 Å². The molecule has 1 aromatic carbocycles. The van der Waals surface area contributed by atoms with Crippen molar-refractivity contribution < 1.29 is 4.74 Å². The molecule has 15 heavy (non-hydrogen) atoms. The van der Waals surface area contributed by atoms with Crippen molar-refractivity contribution in [3.8, 4) is 0 Å². The van der Waals surface area contributed by atoms with Gasteiger partial charge in [0, 0.05) is 12.6 Å². The van der Waals surface area contributed by atoms with Gasteiger partial charge in [-0.05, 0) is 24.8 Å². The zero-order valence-electron chi connectivity index (χ0n) is 9.49. The van der Waals surface area contributed by atoms with Gasteiger partial charge in [0.15, 0.2) is 0 Å². The van der Waals surface area contributed by atoms with Crippen LogP contribution in [-0.4, -0.2) is 19.3 Å². The molecule has 0 radical (unpaired) electrons. The van der Waals surface area contributed by atoms with Gasteiger partial charge in [0.1, 0.15) is 0 Å². The Labute approximate surface area is 92.4 Å². The van der Waals surface area contributed by atoms with E-state index in [0.29, 0.717) is 6.61 Å². The molecule has 0 aliphatic heterocycles. The van der Waals surface area contributed by atoms with E-state index in [1.807, 2.05) is 6.07 Å². The highest BCUT2D eigenvalue weighted by atomic mass is 16.5. The lowest BCUT2D eigenvalue weighted by Gasteiger charge is -2.11. The molecular formula is C13H21NO. The summed E-state index contributed by atoms with van der Waals surface area (Å²) in [5, 5.41) is 0. The maximum absolute atomic E-state index is 5.94. The van der Waals surface area contributed by atoms with Gasteiger partial charge in [0.2, 0.25) is 0 Å². The van der Waals surface area contributed by atoms with Crippen molar-refractivity contribution in [3.63, 3.8) is 0 Å². The Morgan fingerprint density at radius 2 is 2.00 bits per heavy atom. The number of hydrogen-bond donors (Lipinski definition) is 1. The molecule has 0 aliphatic carbocycles. The third kappa shape index (κ3) is 5.55. The van der Waals surface area contributed by atoms with E-state index in [1.165, 1.54) is 5.56 Å². The van der Waals surface area contributed by atoms with Gasteiger partial charge in [0.05, 0.1) is 6.61 Å². The molecule has 84 valence electrons. The average Bonchev–Trinajstić information content (AvgIpc) is 2.28. The zero-order chi connectivity index (χ0) is 10.9. The molecule has 0 spiro atoms. The van der Waals surface area contributed by atoms with Gasteiger partial charge in [-0.15, -0.1) is 0 Å². The summed E-state index contributed by atoms with van der Waals surface area (Å²) < 4.78 is 5.41. The minimum absolute atomic E-state index is 0.164. The van der Waals surface area contributed by atoms with E-state index in [4.69, 9.17) is 10.5 Å². The summed E-state index contributed by atoms with van der Waals surface area (Å²) in [6.07, 6.45) is 3.09. The highest BCUT2D eigenvalue weighted by Gasteiger charge is 2.02. The summed E-state index contributed by atoms with van der Waals surface area (Å²) in [4.78, 5) is 0. The molecule has 0 saturated heterocycles. The molecule has 0 aromatic heterocycles. The summed E-state index contributed by atoms with van der Waals surface area (Å²) in [5.74, 6) is 0. The first-order chi connectivity index (χ1) is 7.33. The lowest BCUT2D eigenvalue weighted by Crippen LogP contribution is -2.26. The maximum Gasteiger partial charge on any atom is 0.0617 e. The van der Waals surface area contributed by atoms with Gasteiger partial charge in [-0.1, -0.05) is 37.3 Å². The summed E-state index contributed by atoms with van der Waals surface area (Å²) in [6.45, 7) is 3.61. The molecule has 0 bridgehead atoms. The predicted octanol–water partition coefficient (Wildman–Crippen LogP) is 2.37. The minimum atomic E-state index is 0.164. The highest BCUT2D eigenvalue weighted by molar-refractivity contribution is 5.14. The van der Waals surface area contributed by atoms with E-state index >= 15 is 0 Å². The first-order valence-electron chi connectivity index (χ1n) is 5.70. The van der Waals surface area contributed by atoms with Crippen LogP contribution in [0.4, 0.5) is 0 Å². The molecule has 2 N–H and O–H groups in total. The van der Waals surface area contributed by atoms with Gasteiger partial charge in [-0.25, -0.2) is 0 Å². The second kappa shape index (κ2) is 7.43. The van der Waals surface area contributed by atoms with Crippen molar-refractivity contribution in [2.45, 2.75) is 32.2 Å². The second-order valence-corrected chi connectivity index (χ2v) is 3.86. The lowest BCUT2D eigenvalue weighted by molar-refractivity contribution is 0.119. The lowest BCUT2D eigenvalue weighted by atomic mass is 10.1. The third-order valence-corrected chi connectivity index (χ3v) is 2.33. The minimum Gasteiger partial charge on any atom is -0.380 e. The standard InChI is InChI=1S/C13H21NO/c1-2-10-15-11-13(14)9-8-12-6-4-3-5-7-12/h3-7,13H,2,8-11,14H2,1H3. The van der Waals surface area contributed by atoms with Crippen molar-refractivity contribution in [2.24, 2.45) is 5.73 Å². The van der Waals surface area contributed by atoms with E-state index in [-0.39, 0.29) is 6.04 Å². The first kappa shape index (κ1) is 12.2. The van der Waals surface area contributed by atoms with Crippen LogP contribution in [0.25, 0.3) is 0 Å². The van der Waals surface area contributed by atoms with Gasteiger partial charge >= 0.3 is 0 Å². The second-order valence-electron chi connectivity index (χ2n) is 3.86. The molecule has 2 heteroatoms. The summed E-state index contributed by atoms with van der Waals surface area (Å²) in [6, 6.07) is 10.6. The highest BCUT2D eigenvalue weighted by Crippen LogP contribution is 2.04. The van der Waals surface area contributed by atoms with Gasteiger partial charge in [-0.2, -0.15) is 0 Å².